The molecule has 3 nitrogen and oxygen atoms in total. The van der Waals surface area contributed by atoms with Crippen molar-refractivity contribution in [1.29, 1.82) is 0 Å². The van der Waals surface area contributed by atoms with E-state index in [-0.39, 0.29) is 18.0 Å². The van der Waals surface area contributed by atoms with Crippen molar-refractivity contribution < 1.29 is 14.3 Å². The van der Waals surface area contributed by atoms with Gasteiger partial charge >= 0.3 is 5.97 Å². The predicted octanol–water partition coefficient (Wildman–Crippen LogP) is 2.11. The molecule has 4 aliphatic rings. The quantitative estimate of drug-likeness (QED) is 0.543. The Bertz CT molecular complexity index is 398. The van der Waals surface area contributed by atoms with E-state index in [2.05, 4.69) is 6.58 Å². The number of fused-ring (bicyclic) bond motifs is 1. The molecule has 0 aromatic heterocycles. The van der Waals surface area contributed by atoms with Gasteiger partial charge in [0, 0.05) is 23.8 Å². The zero-order chi connectivity index (χ0) is 12.2. The van der Waals surface area contributed by atoms with Crippen LogP contribution in [0.1, 0.15) is 32.6 Å². The lowest BCUT2D eigenvalue weighted by Crippen LogP contribution is -2.46. The van der Waals surface area contributed by atoms with Gasteiger partial charge in [0.05, 0.1) is 0 Å². The van der Waals surface area contributed by atoms with Gasteiger partial charge in [-0.3, -0.25) is 4.79 Å². The summed E-state index contributed by atoms with van der Waals surface area (Å²) in [6, 6.07) is 0. The standard InChI is InChI=1S/C14H18O3/c1-7(2)14(16)17-13-8-3-4-9-10(5-8)12(15)6-11(9)13/h8-11,13H,1,3-6H2,2H3. The Morgan fingerprint density at radius 1 is 1.35 bits per heavy atom. The van der Waals surface area contributed by atoms with E-state index < -0.39 is 0 Å². The van der Waals surface area contributed by atoms with Crippen LogP contribution in [0.3, 0.4) is 0 Å². The number of carbonyl (C=O) groups is 2. The fraction of sp³-hybridized carbons (Fsp3) is 0.714. The smallest absolute Gasteiger partial charge is 0.333 e. The van der Waals surface area contributed by atoms with Crippen LogP contribution in [0.25, 0.3) is 0 Å². The van der Waals surface area contributed by atoms with Crippen LogP contribution in [0.2, 0.25) is 0 Å². The van der Waals surface area contributed by atoms with Gasteiger partial charge in [0.2, 0.25) is 0 Å². The number of Topliss-reactive ketones (excluding diaryl/α,β-unsaturated/α-hetero) is 1. The minimum absolute atomic E-state index is 0.0272. The van der Waals surface area contributed by atoms with E-state index in [0.29, 0.717) is 35.5 Å². The van der Waals surface area contributed by atoms with E-state index in [9.17, 15) is 9.59 Å². The van der Waals surface area contributed by atoms with E-state index in [1.807, 2.05) is 0 Å². The molecule has 0 saturated heterocycles. The normalized spacial score (nSPS) is 42.6. The molecule has 4 bridgehead atoms. The average molecular weight is 234 g/mol. The lowest BCUT2D eigenvalue weighted by Gasteiger charge is -2.46. The summed E-state index contributed by atoms with van der Waals surface area (Å²) >= 11 is 0. The first-order valence-corrected chi connectivity index (χ1v) is 6.47. The third kappa shape index (κ3) is 1.55. The number of esters is 1. The number of carbonyl (C=O) groups excluding carboxylic acids is 2. The van der Waals surface area contributed by atoms with Gasteiger partial charge in [-0.2, -0.15) is 0 Å². The summed E-state index contributed by atoms with van der Waals surface area (Å²) in [5.41, 5.74) is 0.451. The molecule has 0 amide bonds. The van der Waals surface area contributed by atoms with Crippen molar-refractivity contribution >= 4 is 11.8 Å². The van der Waals surface area contributed by atoms with Crippen molar-refractivity contribution in [3.05, 3.63) is 12.2 Å². The third-order valence-corrected chi connectivity index (χ3v) is 4.82. The second-order valence-electron chi connectivity index (χ2n) is 5.83. The SMILES string of the molecule is C=C(C)C(=O)OC1C2CCC3C(C2)C(=O)CC31. The summed E-state index contributed by atoms with van der Waals surface area (Å²) in [5.74, 6) is 1.57. The summed E-state index contributed by atoms with van der Waals surface area (Å²) in [7, 11) is 0. The Morgan fingerprint density at radius 3 is 2.82 bits per heavy atom. The van der Waals surface area contributed by atoms with Gasteiger partial charge in [-0.25, -0.2) is 4.79 Å². The molecule has 3 heteroatoms. The van der Waals surface area contributed by atoms with Crippen molar-refractivity contribution in [1.82, 2.24) is 0 Å². The van der Waals surface area contributed by atoms with Crippen LogP contribution in [0.5, 0.6) is 0 Å². The topological polar surface area (TPSA) is 43.4 Å². The fourth-order valence-corrected chi connectivity index (χ4v) is 4.06. The Kier molecular flexibility index (Phi) is 2.39. The Morgan fingerprint density at radius 2 is 2.12 bits per heavy atom. The average Bonchev–Trinajstić information content (AvgIpc) is 2.57. The molecule has 92 valence electrons. The Balaban J connectivity index is 1.80. The second kappa shape index (κ2) is 3.69. The number of hydrogen-bond donors (Lipinski definition) is 0. The molecular formula is C14H18O3. The van der Waals surface area contributed by atoms with Crippen molar-refractivity contribution in [3.63, 3.8) is 0 Å². The first-order valence-electron chi connectivity index (χ1n) is 6.47. The number of ketones is 1. The van der Waals surface area contributed by atoms with Gasteiger partial charge in [0.25, 0.3) is 0 Å². The van der Waals surface area contributed by atoms with Gasteiger partial charge in [0.15, 0.2) is 0 Å². The van der Waals surface area contributed by atoms with Gasteiger partial charge in [-0.05, 0) is 38.0 Å². The van der Waals surface area contributed by atoms with Crippen LogP contribution < -0.4 is 0 Å². The molecular weight excluding hydrogens is 216 g/mol. The van der Waals surface area contributed by atoms with Crippen LogP contribution in [0.4, 0.5) is 0 Å². The van der Waals surface area contributed by atoms with Crippen LogP contribution in [-0.2, 0) is 14.3 Å². The van der Waals surface area contributed by atoms with Gasteiger partial charge in [0.1, 0.15) is 11.9 Å². The molecule has 0 N–H and O–H groups in total. The van der Waals surface area contributed by atoms with Gasteiger partial charge < -0.3 is 4.74 Å². The van der Waals surface area contributed by atoms with Crippen molar-refractivity contribution in [2.75, 3.05) is 0 Å². The molecule has 0 aromatic carbocycles. The molecule has 4 saturated carbocycles. The third-order valence-electron chi connectivity index (χ3n) is 4.82. The molecule has 0 spiro atoms. The van der Waals surface area contributed by atoms with Crippen LogP contribution in [-0.4, -0.2) is 17.9 Å². The highest BCUT2D eigenvalue weighted by Crippen LogP contribution is 2.55. The number of hydrogen-bond acceptors (Lipinski definition) is 3. The van der Waals surface area contributed by atoms with E-state index in [4.69, 9.17) is 4.74 Å². The molecule has 4 aliphatic carbocycles. The molecule has 5 unspecified atom stereocenters. The zero-order valence-corrected chi connectivity index (χ0v) is 10.1. The maximum absolute atomic E-state index is 11.9. The summed E-state index contributed by atoms with van der Waals surface area (Å²) < 4.78 is 5.57. The van der Waals surface area contributed by atoms with E-state index >= 15 is 0 Å². The molecule has 5 atom stereocenters. The van der Waals surface area contributed by atoms with E-state index in [0.717, 1.165) is 19.3 Å². The van der Waals surface area contributed by atoms with Crippen molar-refractivity contribution in [2.45, 2.75) is 38.7 Å². The van der Waals surface area contributed by atoms with Crippen LogP contribution >= 0.6 is 0 Å². The maximum Gasteiger partial charge on any atom is 0.333 e. The molecule has 0 radical (unpaired) electrons. The maximum atomic E-state index is 11.9. The molecule has 4 rings (SSSR count). The summed E-state index contributed by atoms with van der Waals surface area (Å²) in [4.78, 5) is 23.5. The van der Waals surface area contributed by atoms with Gasteiger partial charge in [-0.15, -0.1) is 0 Å². The second-order valence-corrected chi connectivity index (χ2v) is 5.83. The van der Waals surface area contributed by atoms with Crippen molar-refractivity contribution in [2.24, 2.45) is 23.7 Å². The highest BCUT2D eigenvalue weighted by Gasteiger charge is 2.57. The number of ether oxygens (including phenoxy) is 1. The Labute approximate surface area is 101 Å². The summed E-state index contributed by atoms with van der Waals surface area (Å²) in [6.07, 6.45) is 3.79. The zero-order valence-electron chi connectivity index (χ0n) is 10.1. The van der Waals surface area contributed by atoms with E-state index in [1.54, 1.807) is 6.92 Å². The fourth-order valence-electron chi connectivity index (χ4n) is 4.06. The number of rotatable bonds is 2. The minimum Gasteiger partial charge on any atom is -0.458 e. The van der Waals surface area contributed by atoms with E-state index in [1.165, 1.54) is 0 Å². The summed E-state index contributed by atoms with van der Waals surface area (Å²) in [5, 5.41) is 0. The minimum atomic E-state index is -0.293. The van der Waals surface area contributed by atoms with Gasteiger partial charge in [-0.1, -0.05) is 6.58 Å². The summed E-state index contributed by atoms with van der Waals surface area (Å²) in [6.45, 7) is 5.29. The molecule has 0 aromatic rings. The molecule has 0 aliphatic heterocycles. The molecule has 17 heavy (non-hydrogen) atoms. The lowest BCUT2D eigenvalue weighted by atomic mass is 9.62. The van der Waals surface area contributed by atoms with Crippen LogP contribution in [0.15, 0.2) is 12.2 Å². The lowest BCUT2D eigenvalue weighted by molar-refractivity contribution is -0.159. The highest BCUT2D eigenvalue weighted by atomic mass is 16.5. The molecule has 0 heterocycles. The first-order chi connectivity index (χ1) is 8.08. The van der Waals surface area contributed by atoms with Crippen molar-refractivity contribution in [3.8, 4) is 0 Å². The molecule has 4 fully saturated rings. The Hall–Kier alpha value is -1.12. The monoisotopic (exact) mass is 234 g/mol. The predicted molar refractivity (Wildman–Crippen MR) is 62.1 cm³/mol. The van der Waals surface area contributed by atoms with Crippen LogP contribution in [0, 0.1) is 23.7 Å². The largest absolute Gasteiger partial charge is 0.458 e. The highest BCUT2D eigenvalue weighted by molar-refractivity contribution is 5.88. The first kappa shape index (κ1) is 11.0.